The molecule has 0 unspecified atom stereocenters. The van der Waals surface area contributed by atoms with Crippen LogP contribution in [0.15, 0.2) is 24.3 Å². The van der Waals surface area contributed by atoms with E-state index in [-0.39, 0.29) is 0 Å². The van der Waals surface area contributed by atoms with E-state index in [0.29, 0.717) is 19.3 Å². The number of hydrogen-bond acceptors (Lipinski definition) is 2. The molecule has 0 aromatic heterocycles. The van der Waals surface area contributed by atoms with Gasteiger partial charge >= 0.3 is 6.18 Å². The summed E-state index contributed by atoms with van der Waals surface area (Å²) in [6.07, 6.45) is -3.39. The molecule has 108 valence electrons. The summed E-state index contributed by atoms with van der Waals surface area (Å²) in [7, 11) is 0. The Bertz CT molecular complexity index is 360. The van der Waals surface area contributed by atoms with Gasteiger partial charge in [-0.2, -0.15) is 13.2 Å². The van der Waals surface area contributed by atoms with Gasteiger partial charge in [-0.15, -0.1) is 0 Å². The number of nitrogens with one attached hydrogen (secondary N) is 1. The molecule has 0 fully saturated rings. The summed E-state index contributed by atoms with van der Waals surface area (Å²) in [5.41, 5.74) is 0.127. The summed E-state index contributed by atoms with van der Waals surface area (Å²) >= 11 is 0. The first-order valence-corrected chi connectivity index (χ1v) is 6.37. The molecule has 0 spiro atoms. The van der Waals surface area contributed by atoms with Gasteiger partial charge in [0.2, 0.25) is 0 Å². The average Bonchev–Trinajstić information content (AvgIpc) is 2.32. The fraction of sp³-hybridized carbons (Fsp3) is 0.571. The third kappa shape index (κ3) is 6.59. The minimum absolute atomic E-state index is 0.347. The largest absolute Gasteiger partial charge is 0.416 e. The Balaban J connectivity index is 2.23. The standard InChI is InChI=1S/C14H20F3NO/c1-11(2)18-8-3-9-19-10-12-4-6-13(7-5-12)14(15,16)17/h4-7,11,18H,3,8-10H2,1-2H3. The van der Waals surface area contributed by atoms with Gasteiger partial charge in [-0.1, -0.05) is 26.0 Å². The molecule has 1 N–H and O–H groups in total. The van der Waals surface area contributed by atoms with Gasteiger partial charge in [0.05, 0.1) is 12.2 Å². The third-order valence-electron chi connectivity index (χ3n) is 2.57. The molecule has 0 heterocycles. The Morgan fingerprint density at radius 3 is 2.32 bits per heavy atom. The third-order valence-corrected chi connectivity index (χ3v) is 2.57. The highest BCUT2D eigenvalue weighted by Gasteiger charge is 2.29. The molecular formula is C14H20F3NO. The van der Waals surface area contributed by atoms with Crippen LogP contribution < -0.4 is 5.32 Å². The van der Waals surface area contributed by atoms with Crippen LogP contribution in [0.2, 0.25) is 0 Å². The summed E-state index contributed by atoms with van der Waals surface area (Å²) in [4.78, 5) is 0. The van der Waals surface area contributed by atoms with E-state index in [1.807, 2.05) is 0 Å². The second-order valence-corrected chi connectivity index (χ2v) is 4.71. The zero-order valence-electron chi connectivity index (χ0n) is 11.3. The first-order chi connectivity index (χ1) is 8.89. The van der Waals surface area contributed by atoms with Gasteiger partial charge in [0.1, 0.15) is 0 Å². The molecule has 0 atom stereocenters. The van der Waals surface area contributed by atoms with Gasteiger partial charge in [0.15, 0.2) is 0 Å². The Labute approximate surface area is 112 Å². The van der Waals surface area contributed by atoms with Crippen LogP contribution in [0.5, 0.6) is 0 Å². The monoisotopic (exact) mass is 275 g/mol. The van der Waals surface area contributed by atoms with Crippen LogP contribution >= 0.6 is 0 Å². The number of rotatable bonds is 7. The first kappa shape index (κ1) is 16.0. The van der Waals surface area contributed by atoms with Crippen molar-refractivity contribution in [3.8, 4) is 0 Å². The number of alkyl halides is 3. The SMILES string of the molecule is CC(C)NCCCOCc1ccc(C(F)(F)F)cc1. The quantitative estimate of drug-likeness (QED) is 0.768. The van der Waals surface area contributed by atoms with Crippen molar-refractivity contribution in [3.05, 3.63) is 35.4 Å². The van der Waals surface area contributed by atoms with E-state index < -0.39 is 11.7 Å². The molecule has 0 saturated heterocycles. The molecule has 1 rings (SSSR count). The maximum Gasteiger partial charge on any atom is 0.416 e. The summed E-state index contributed by atoms with van der Waals surface area (Å²) in [6, 6.07) is 5.53. The van der Waals surface area contributed by atoms with E-state index >= 15 is 0 Å². The topological polar surface area (TPSA) is 21.3 Å². The molecule has 19 heavy (non-hydrogen) atoms. The van der Waals surface area contributed by atoms with Gasteiger partial charge in [-0.3, -0.25) is 0 Å². The van der Waals surface area contributed by atoms with Gasteiger partial charge in [-0.05, 0) is 30.7 Å². The molecule has 0 aliphatic heterocycles. The molecule has 0 bridgehead atoms. The molecule has 0 saturated carbocycles. The van der Waals surface area contributed by atoms with Crippen LogP contribution in [0.1, 0.15) is 31.4 Å². The summed E-state index contributed by atoms with van der Waals surface area (Å²) in [5, 5.41) is 3.26. The Morgan fingerprint density at radius 1 is 1.16 bits per heavy atom. The molecule has 5 heteroatoms. The van der Waals surface area contributed by atoms with Gasteiger partial charge < -0.3 is 10.1 Å². The van der Waals surface area contributed by atoms with Crippen molar-refractivity contribution in [1.29, 1.82) is 0 Å². The van der Waals surface area contributed by atoms with Crippen molar-refractivity contribution in [1.82, 2.24) is 5.32 Å². The molecular weight excluding hydrogens is 255 g/mol. The molecule has 1 aromatic carbocycles. The number of benzene rings is 1. The van der Waals surface area contributed by atoms with Crippen LogP contribution in [-0.2, 0) is 17.5 Å². The van der Waals surface area contributed by atoms with E-state index in [4.69, 9.17) is 4.74 Å². The highest BCUT2D eigenvalue weighted by atomic mass is 19.4. The van der Waals surface area contributed by atoms with E-state index in [2.05, 4.69) is 19.2 Å². The maximum absolute atomic E-state index is 12.3. The molecule has 0 aliphatic carbocycles. The van der Waals surface area contributed by atoms with E-state index in [1.165, 1.54) is 12.1 Å². The number of ether oxygens (including phenoxy) is 1. The second-order valence-electron chi connectivity index (χ2n) is 4.71. The Hall–Kier alpha value is -1.07. The van der Waals surface area contributed by atoms with Crippen molar-refractivity contribution in [3.63, 3.8) is 0 Å². The lowest BCUT2D eigenvalue weighted by Crippen LogP contribution is -2.24. The van der Waals surface area contributed by atoms with E-state index in [9.17, 15) is 13.2 Å². The van der Waals surface area contributed by atoms with Crippen LogP contribution in [0.4, 0.5) is 13.2 Å². The summed E-state index contributed by atoms with van der Waals surface area (Å²) < 4.78 is 42.4. The van der Waals surface area contributed by atoms with Crippen LogP contribution in [0.3, 0.4) is 0 Å². The lowest BCUT2D eigenvalue weighted by Gasteiger charge is -2.09. The molecule has 0 aliphatic rings. The van der Waals surface area contributed by atoms with Crippen molar-refractivity contribution in [2.75, 3.05) is 13.2 Å². The fourth-order valence-corrected chi connectivity index (χ4v) is 1.54. The highest BCUT2D eigenvalue weighted by molar-refractivity contribution is 5.24. The number of hydrogen-bond donors (Lipinski definition) is 1. The predicted octanol–water partition coefficient (Wildman–Crippen LogP) is 3.61. The predicted molar refractivity (Wildman–Crippen MR) is 68.9 cm³/mol. The molecule has 2 nitrogen and oxygen atoms in total. The molecule has 1 aromatic rings. The van der Waals surface area contributed by atoms with Gasteiger partial charge in [0, 0.05) is 12.6 Å². The molecule has 0 amide bonds. The summed E-state index contributed by atoms with van der Waals surface area (Å²) in [6.45, 7) is 5.97. The first-order valence-electron chi connectivity index (χ1n) is 6.37. The van der Waals surface area contributed by atoms with Gasteiger partial charge in [-0.25, -0.2) is 0 Å². The minimum atomic E-state index is -4.28. The van der Waals surface area contributed by atoms with Crippen molar-refractivity contribution in [2.24, 2.45) is 0 Å². The van der Waals surface area contributed by atoms with Crippen molar-refractivity contribution < 1.29 is 17.9 Å². The zero-order valence-corrected chi connectivity index (χ0v) is 11.3. The van der Waals surface area contributed by atoms with Crippen LogP contribution in [0.25, 0.3) is 0 Å². The average molecular weight is 275 g/mol. The number of halogens is 3. The summed E-state index contributed by atoms with van der Waals surface area (Å²) in [5.74, 6) is 0. The van der Waals surface area contributed by atoms with Crippen LogP contribution in [0, 0.1) is 0 Å². The Morgan fingerprint density at radius 2 is 1.79 bits per heavy atom. The second kappa shape index (κ2) is 7.50. The smallest absolute Gasteiger partial charge is 0.377 e. The molecule has 0 radical (unpaired) electrons. The van der Waals surface area contributed by atoms with E-state index in [0.717, 1.165) is 30.7 Å². The normalized spacial score (nSPS) is 12.1. The minimum Gasteiger partial charge on any atom is -0.377 e. The van der Waals surface area contributed by atoms with Crippen LogP contribution in [-0.4, -0.2) is 19.2 Å². The maximum atomic E-state index is 12.3. The fourth-order valence-electron chi connectivity index (χ4n) is 1.54. The van der Waals surface area contributed by atoms with Crippen molar-refractivity contribution in [2.45, 2.75) is 39.1 Å². The highest BCUT2D eigenvalue weighted by Crippen LogP contribution is 2.29. The van der Waals surface area contributed by atoms with Crippen molar-refractivity contribution >= 4 is 0 Å². The van der Waals surface area contributed by atoms with Gasteiger partial charge in [0.25, 0.3) is 0 Å². The zero-order chi connectivity index (χ0) is 14.3. The van der Waals surface area contributed by atoms with E-state index in [1.54, 1.807) is 0 Å². The lowest BCUT2D eigenvalue weighted by atomic mass is 10.1. The lowest BCUT2D eigenvalue weighted by molar-refractivity contribution is -0.137. The Kier molecular flexibility index (Phi) is 6.31.